The Morgan fingerprint density at radius 1 is 1.22 bits per heavy atom. The van der Waals surface area contributed by atoms with Gasteiger partial charge in [0.15, 0.2) is 5.82 Å². The first kappa shape index (κ1) is 17.3. The molecule has 0 aliphatic carbocycles. The Labute approximate surface area is 156 Å². The van der Waals surface area contributed by atoms with Gasteiger partial charge in [0.2, 0.25) is 5.65 Å². The second kappa shape index (κ2) is 6.22. The molecule has 0 aliphatic heterocycles. The van der Waals surface area contributed by atoms with Crippen LogP contribution in [0.2, 0.25) is 0 Å². The molecule has 8 heteroatoms. The van der Waals surface area contributed by atoms with E-state index >= 15 is 0 Å². The van der Waals surface area contributed by atoms with E-state index in [1.165, 1.54) is 4.40 Å². The molecule has 0 saturated heterocycles. The van der Waals surface area contributed by atoms with Gasteiger partial charge in [-0.25, -0.2) is 24.3 Å². The maximum Gasteiger partial charge on any atom is 0.347 e. The van der Waals surface area contributed by atoms with Gasteiger partial charge in [0.05, 0.1) is 16.7 Å². The molecule has 8 nitrogen and oxygen atoms in total. The molecule has 4 rings (SSSR count). The number of benzene rings is 1. The summed E-state index contributed by atoms with van der Waals surface area (Å²) in [6, 6.07) is 6.10. The van der Waals surface area contributed by atoms with Gasteiger partial charge in [-0.05, 0) is 18.6 Å². The van der Waals surface area contributed by atoms with Gasteiger partial charge < -0.3 is 10.3 Å². The van der Waals surface area contributed by atoms with Crippen LogP contribution < -0.4 is 11.0 Å². The zero-order valence-corrected chi connectivity index (χ0v) is 15.9. The van der Waals surface area contributed by atoms with Crippen molar-refractivity contribution in [1.29, 1.82) is 0 Å². The van der Waals surface area contributed by atoms with Crippen molar-refractivity contribution in [3.05, 3.63) is 52.0 Å². The van der Waals surface area contributed by atoms with Gasteiger partial charge in [-0.2, -0.15) is 0 Å². The fraction of sp³-hybridized carbons (Fsp3) is 0.368. The maximum absolute atomic E-state index is 12.0. The third kappa shape index (κ3) is 3.18. The fourth-order valence-electron chi connectivity index (χ4n) is 3.04. The molecule has 1 aromatic carbocycles. The smallest absolute Gasteiger partial charge is 0.347 e. The van der Waals surface area contributed by atoms with Crippen molar-refractivity contribution in [2.24, 2.45) is 0 Å². The first-order chi connectivity index (χ1) is 12.8. The summed E-state index contributed by atoms with van der Waals surface area (Å²) in [7, 11) is 0. The number of anilines is 1. The molecule has 0 atom stereocenters. The molecule has 0 aliphatic rings. The van der Waals surface area contributed by atoms with E-state index < -0.39 is 0 Å². The molecule has 3 aromatic heterocycles. The van der Waals surface area contributed by atoms with E-state index in [0.717, 1.165) is 28.1 Å². The molecule has 0 fully saturated rings. The summed E-state index contributed by atoms with van der Waals surface area (Å²) in [6.45, 7) is 8.86. The van der Waals surface area contributed by atoms with E-state index in [4.69, 9.17) is 0 Å². The van der Waals surface area contributed by atoms with Crippen LogP contribution >= 0.6 is 0 Å². The average molecular weight is 365 g/mol. The Morgan fingerprint density at radius 3 is 2.78 bits per heavy atom. The Bertz CT molecular complexity index is 1180. The number of rotatable bonds is 4. The number of nitrogens with one attached hydrogen (secondary N) is 3. The SMILES string of the molecule is Cc1cccc2[nH]c(CCNc3nc(C(C)(C)C)cn4c(=O)[nH]nc34)nc12. The van der Waals surface area contributed by atoms with Gasteiger partial charge in [-0.1, -0.05) is 32.9 Å². The van der Waals surface area contributed by atoms with Crippen LogP contribution in [0.5, 0.6) is 0 Å². The van der Waals surface area contributed by atoms with E-state index in [1.807, 2.05) is 12.1 Å². The monoisotopic (exact) mass is 365 g/mol. The number of nitrogens with zero attached hydrogens (tertiary/aromatic N) is 4. The number of fused-ring (bicyclic) bond motifs is 2. The first-order valence-corrected chi connectivity index (χ1v) is 8.99. The van der Waals surface area contributed by atoms with Crippen LogP contribution in [-0.2, 0) is 11.8 Å². The van der Waals surface area contributed by atoms with Gasteiger partial charge in [0.25, 0.3) is 0 Å². The minimum absolute atomic E-state index is 0.183. The van der Waals surface area contributed by atoms with E-state index in [0.29, 0.717) is 24.4 Å². The number of para-hydroxylation sites is 1. The molecule has 140 valence electrons. The fourth-order valence-corrected chi connectivity index (χ4v) is 3.04. The van der Waals surface area contributed by atoms with Gasteiger partial charge in [-0.3, -0.25) is 0 Å². The largest absolute Gasteiger partial charge is 0.366 e. The molecular weight excluding hydrogens is 342 g/mol. The number of imidazole rings is 1. The number of hydrogen-bond acceptors (Lipinski definition) is 5. The standard InChI is InChI=1S/C19H23N7O/c1-11-6-5-7-12-15(11)23-14(21-12)8-9-20-16-17-24-25-18(27)26(17)10-13(22-16)19(2,3)4/h5-7,10H,8-9H2,1-4H3,(H,20,22)(H,21,23)(H,25,27). The van der Waals surface area contributed by atoms with E-state index in [2.05, 4.69) is 64.2 Å². The van der Waals surface area contributed by atoms with Gasteiger partial charge in [0, 0.05) is 24.6 Å². The van der Waals surface area contributed by atoms with Gasteiger partial charge in [0.1, 0.15) is 5.82 Å². The van der Waals surface area contributed by atoms with Crippen LogP contribution in [0.1, 0.15) is 37.9 Å². The molecule has 27 heavy (non-hydrogen) atoms. The summed E-state index contributed by atoms with van der Waals surface area (Å²) >= 11 is 0. The van der Waals surface area contributed by atoms with Crippen LogP contribution in [0.15, 0.2) is 29.2 Å². The zero-order valence-electron chi connectivity index (χ0n) is 15.9. The Kier molecular flexibility index (Phi) is 3.98. The van der Waals surface area contributed by atoms with Crippen LogP contribution in [-0.4, -0.2) is 36.1 Å². The minimum atomic E-state index is -0.270. The quantitative estimate of drug-likeness (QED) is 0.516. The lowest BCUT2D eigenvalue weighted by Crippen LogP contribution is -2.20. The number of aryl methyl sites for hydroxylation is 1. The lowest BCUT2D eigenvalue weighted by atomic mass is 9.93. The van der Waals surface area contributed by atoms with Crippen LogP contribution in [0.3, 0.4) is 0 Å². The summed E-state index contributed by atoms with van der Waals surface area (Å²) in [5.74, 6) is 1.50. The zero-order chi connectivity index (χ0) is 19.2. The molecule has 0 radical (unpaired) electrons. The molecule has 0 saturated carbocycles. The predicted octanol–water partition coefficient (Wildman–Crippen LogP) is 2.55. The minimum Gasteiger partial charge on any atom is -0.366 e. The number of hydrogen-bond donors (Lipinski definition) is 3. The number of H-pyrrole nitrogens is 2. The highest BCUT2D eigenvalue weighted by Gasteiger charge is 2.20. The molecule has 0 amide bonds. The van der Waals surface area contributed by atoms with Crippen molar-refractivity contribution in [1.82, 2.24) is 29.5 Å². The maximum atomic E-state index is 12.0. The molecule has 3 heterocycles. The molecular formula is C19H23N7O. The highest BCUT2D eigenvalue weighted by atomic mass is 16.1. The summed E-state index contributed by atoms with van der Waals surface area (Å²) in [6.07, 6.45) is 2.45. The molecule has 0 bridgehead atoms. The van der Waals surface area contributed by atoms with Crippen LogP contribution in [0, 0.1) is 6.92 Å². The highest BCUT2D eigenvalue weighted by molar-refractivity contribution is 5.78. The molecule has 0 spiro atoms. The number of aromatic nitrogens is 6. The van der Waals surface area contributed by atoms with Crippen molar-refractivity contribution in [3.8, 4) is 0 Å². The Balaban J connectivity index is 1.59. The van der Waals surface area contributed by atoms with Crippen molar-refractivity contribution >= 4 is 22.5 Å². The molecule has 3 N–H and O–H groups in total. The summed E-state index contributed by atoms with van der Waals surface area (Å²) in [5.41, 5.74) is 4.06. The van der Waals surface area contributed by atoms with E-state index in [9.17, 15) is 4.79 Å². The Morgan fingerprint density at radius 2 is 2.04 bits per heavy atom. The van der Waals surface area contributed by atoms with Gasteiger partial charge in [-0.15, -0.1) is 5.10 Å². The predicted molar refractivity (Wildman–Crippen MR) is 105 cm³/mol. The second-order valence-electron chi connectivity index (χ2n) is 7.78. The van der Waals surface area contributed by atoms with E-state index in [1.54, 1.807) is 6.20 Å². The average Bonchev–Trinajstić information content (AvgIpc) is 3.19. The van der Waals surface area contributed by atoms with E-state index in [-0.39, 0.29) is 11.1 Å². The summed E-state index contributed by atoms with van der Waals surface area (Å²) < 4.78 is 1.50. The third-order valence-corrected chi connectivity index (χ3v) is 4.59. The van der Waals surface area contributed by atoms with Crippen molar-refractivity contribution in [3.63, 3.8) is 0 Å². The molecule has 4 aromatic rings. The lowest BCUT2D eigenvalue weighted by Gasteiger charge is -2.19. The van der Waals surface area contributed by atoms with Crippen molar-refractivity contribution in [2.45, 2.75) is 39.5 Å². The second-order valence-corrected chi connectivity index (χ2v) is 7.78. The first-order valence-electron chi connectivity index (χ1n) is 8.99. The topological polar surface area (TPSA) is 104 Å². The highest BCUT2D eigenvalue weighted by Crippen LogP contribution is 2.23. The Hall–Kier alpha value is -3.16. The number of aromatic amines is 2. The lowest BCUT2D eigenvalue weighted by molar-refractivity contribution is 0.565. The third-order valence-electron chi connectivity index (χ3n) is 4.59. The van der Waals surface area contributed by atoms with Gasteiger partial charge >= 0.3 is 5.69 Å². The van der Waals surface area contributed by atoms with Crippen molar-refractivity contribution < 1.29 is 0 Å². The summed E-state index contributed by atoms with van der Waals surface area (Å²) in [4.78, 5) is 24.7. The van der Waals surface area contributed by atoms with Crippen LogP contribution in [0.4, 0.5) is 5.82 Å². The van der Waals surface area contributed by atoms with Crippen LogP contribution in [0.25, 0.3) is 16.7 Å². The summed E-state index contributed by atoms with van der Waals surface area (Å²) in [5, 5.41) is 9.88. The van der Waals surface area contributed by atoms with Crippen molar-refractivity contribution in [2.75, 3.05) is 11.9 Å². The normalized spacial score (nSPS) is 12.1. The molecule has 0 unspecified atom stereocenters.